The molecule has 0 spiro atoms. The highest BCUT2D eigenvalue weighted by Crippen LogP contribution is 2.35. The first kappa shape index (κ1) is 50.6. The van der Waals surface area contributed by atoms with Crippen LogP contribution in [-0.2, 0) is 0 Å². The SMILES string of the molecule is c1ccc(-c2nc3ccccc3n2-c2ccc(-c3ccc(-c4nc(-c5ccc(-c6ccc(-n7c(-c8ccccn8)nc8ccccc87)cc6)cc5)nc(-c5ccc(-c6ccc(-n7c(-c8ccccn8)nc8ccccc87)cc6)cc5)n4)cc3)cc2)nc1. The summed E-state index contributed by atoms with van der Waals surface area (Å²) >= 11 is 0. The van der Waals surface area contributed by atoms with E-state index in [2.05, 4.69) is 192 Å². The molecular formula is C75H48N12. The highest BCUT2D eigenvalue weighted by molar-refractivity contribution is 5.86. The molecule has 0 saturated carbocycles. The fraction of sp³-hybridized carbons (Fsp3) is 0. The first-order valence-electron chi connectivity index (χ1n) is 28.7. The zero-order valence-corrected chi connectivity index (χ0v) is 46.6. The minimum absolute atomic E-state index is 0.569. The quantitative estimate of drug-likeness (QED) is 0.117. The molecule has 0 aliphatic heterocycles. The topological polar surface area (TPSA) is 131 Å². The van der Waals surface area contributed by atoms with E-state index in [-0.39, 0.29) is 0 Å². The molecule has 87 heavy (non-hydrogen) atoms. The van der Waals surface area contributed by atoms with Crippen LogP contribution in [0.3, 0.4) is 0 Å². The van der Waals surface area contributed by atoms with Crippen LogP contribution in [0.2, 0.25) is 0 Å². The maximum atomic E-state index is 5.18. The van der Waals surface area contributed by atoms with E-state index in [1.54, 1.807) is 18.6 Å². The Morgan fingerprint density at radius 2 is 0.425 bits per heavy atom. The van der Waals surface area contributed by atoms with Gasteiger partial charge in [-0.3, -0.25) is 28.7 Å². The van der Waals surface area contributed by atoms with Gasteiger partial charge in [-0.1, -0.05) is 164 Å². The summed E-state index contributed by atoms with van der Waals surface area (Å²) in [6, 6.07) is 93.3. The lowest BCUT2D eigenvalue weighted by atomic mass is 10.0. The minimum Gasteiger partial charge on any atom is -0.291 e. The smallest absolute Gasteiger partial charge is 0.164 e. The predicted octanol–water partition coefficient (Wildman–Crippen LogP) is 17.1. The Balaban J connectivity index is 0.719. The van der Waals surface area contributed by atoms with Crippen LogP contribution in [0.5, 0.6) is 0 Å². The number of aromatic nitrogens is 12. The van der Waals surface area contributed by atoms with Crippen molar-refractivity contribution in [2.24, 2.45) is 0 Å². The van der Waals surface area contributed by atoms with Gasteiger partial charge < -0.3 is 0 Å². The lowest BCUT2D eigenvalue weighted by molar-refractivity contribution is 1.07. The number of hydrogen-bond acceptors (Lipinski definition) is 9. The van der Waals surface area contributed by atoms with Crippen molar-refractivity contribution in [3.05, 3.63) is 292 Å². The van der Waals surface area contributed by atoms with Crippen LogP contribution in [0.4, 0.5) is 0 Å². The van der Waals surface area contributed by atoms with Gasteiger partial charge in [-0.25, -0.2) is 29.9 Å². The molecule has 0 atom stereocenters. The number of benzene rings is 9. The van der Waals surface area contributed by atoms with Crippen molar-refractivity contribution in [1.29, 1.82) is 0 Å². The van der Waals surface area contributed by atoms with Crippen molar-refractivity contribution >= 4 is 33.1 Å². The van der Waals surface area contributed by atoms with Gasteiger partial charge in [0.25, 0.3) is 0 Å². The van der Waals surface area contributed by atoms with E-state index in [1.165, 1.54) is 0 Å². The molecule has 0 N–H and O–H groups in total. The normalized spacial score (nSPS) is 11.4. The van der Waals surface area contributed by atoms with Gasteiger partial charge in [0.05, 0.1) is 33.1 Å². The summed E-state index contributed by atoms with van der Waals surface area (Å²) in [5.41, 5.74) is 20.2. The molecule has 9 aromatic carbocycles. The Morgan fingerprint density at radius 3 is 0.678 bits per heavy atom. The van der Waals surface area contributed by atoms with Gasteiger partial charge in [-0.15, -0.1) is 0 Å². The predicted molar refractivity (Wildman–Crippen MR) is 346 cm³/mol. The summed E-state index contributed by atoms with van der Waals surface area (Å²) < 4.78 is 6.51. The van der Waals surface area contributed by atoms with E-state index in [0.717, 1.165) is 135 Å². The van der Waals surface area contributed by atoms with E-state index in [0.29, 0.717) is 17.5 Å². The first-order valence-corrected chi connectivity index (χ1v) is 28.7. The Bertz CT molecular complexity index is 4610. The fourth-order valence-electron chi connectivity index (χ4n) is 11.5. The van der Waals surface area contributed by atoms with Crippen LogP contribution < -0.4 is 0 Å². The molecule has 0 amide bonds. The molecule has 7 aromatic heterocycles. The molecule has 16 aromatic rings. The van der Waals surface area contributed by atoms with Crippen molar-refractivity contribution in [3.8, 4) is 119 Å². The standard InChI is InChI=1S/C75H48N12/c1-4-19-67-61(13-1)79-73(64-16-7-10-46-76-64)85(67)58-40-34-52(35-41-58)49-22-28-55(29-23-49)70-82-71(56-30-24-50(25-31-56)53-36-42-59(43-37-53)86-68-20-5-2-14-62(68)80-74(86)65-17-8-11-47-77-65)84-72(83-70)57-32-26-51(27-33-57)54-38-44-60(45-39-54)87-69-21-6-3-15-63(69)81-75(87)66-18-9-12-48-78-66/h1-48H. The van der Waals surface area contributed by atoms with Crippen molar-refractivity contribution in [2.45, 2.75) is 0 Å². The number of para-hydroxylation sites is 6. The van der Waals surface area contributed by atoms with Gasteiger partial charge in [0.2, 0.25) is 0 Å². The maximum absolute atomic E-state index is 5.18. The number of nitrogens with zero attached hydrogens (tertiary/aromatic N) is 12. The molecular weight excluding hydrogens is 1070 g/mol. The van der Waals surface area contributed by atoms with E-state index in [1.807, 2.05) is 109 Å². The van der Waals surface area contributed by atoms with Gasteiger partial charge in [0.15, 0.2) is 34.9 Å². The van der Waals surface area contributed by atoms with Crippen LogP contribution in [0.1, 0.15) is 0 Å². The van der Waals surface area contributed by atoms with Crippen LogP contribution in [0, 0.1) is 0 Å². The summed E-state index contributed by atoms with van der Waals surface area (Å²) in [4.78, 5) is 44.5. The molecule has 0 fully saturated rings. The second kappa shape index (κ2) is 21.6. The molecule has 0 radical (unpaired) electrons. The fourth-order valence-corrected chi connectivity index (χ4v) is 11.5. The Morgan fingerprint density at radius 1 is 0.195 bits per heavy atom. The Hall–Kier alpha value is -12.2. The van der Waals surface area contributed by atoms with Gasteiger partial charge in [-0.2, -0.15) is 0 Å². The highest BCUT2D eigenvalue weighted by atomic mass is 15.1. The van der Waals surface area contributed by atoms with Crippen LogP contribution in [0.15, 0.2) is 292 Å². The molecule has 0 aliphatic carbocycles. The average Bonchev–Trinajstić information content (AvgIpc) is 2.99. The van der Waals surface area contributed by atoms with Gasteiger partial charge >= 0.3 is 0 Å². The van der Waals surface area contributed by atoms with Crippen LogP contribution in [-0.4, -0.2) is 58.6 Å². The lowest BCUT2D eigenvalue weighted by Gasteiger charge is -2.12. The maximum Gasteiger partial charge on any atom is 0.164 e. The molecule has 12 nitrogen and oxygen atoms in total. The Labute approximate surface area is 499 Å². The first-order chi connectivity index (χ1) is 43.1. The molecule has 12 heteroatoms. The van der Waals surface area contributed by atoms with Crippen molar-refractivity contribution in [1.82, 2.24) is 58.6 Å². The van der Waals surface area contributed by atoms with Gasteiger partial charge in [-0.05, 0) is 143 Å². The van der Waals surface area contributed by atoms with Crippen molar-refractivity contribution in [3.63, 3.8) is 0 Å². The molecule has 0 saturated heterocycles. The van der Waals surface area contributed by atoms with Crippen molar-refractivity contribution in [2.75, 3.05) is 0 Å². The zero-order valence-electron chi connectivity index (χ0n) is 46.6. The van der Waals surface area contributed by atoms with E-state index in [9.17, 15) is 0 Å². The third-order valence-corrected chi connectivity index (χ3v) is 15.8. The molecule has 0 aliphatic rings. The van der Waals surface area contributed by atoms with Crippen molar-refractivity contribution < 1.29 is 0 Å². The number of hydrogen-bond donors (Lipinski definition) is 0. The average molecular weight is 1120 g/mol. The summed E-state index contributed by atoms with van der Waals surface area (Å²) in [5.74, 6) is 4.08. The lowest BCUT2D eigenvalue weighted by Crippen LogP contribution is -2.00. The number of rotatable bonds is 12. The second-order valence-electron chi connectivity index (χ2n) is 21.1. The second-order valence-corrected chi connectivity index (χ2v) is 21.1. The van der Waals surface area contributed by atoms with Gasteiger partial charge in [0.1, 0.15) is 17.1 Å². The third kappa shape index (κ3) is 9.45. The summed E-state index contributed by atoms with van der Waals surface area (Å²) in [5, 5.41) is 0. The third-order valence-electron chi connectivity index (χ3n) is 15.8. The number of pyridine rings is 3. The molecule has 0 unspecified atom stereocenters. The van der Waals surface area contributed by atoms with E-state index >= 15 is 0 Å². The monoisotopic (exact) mass is 1120 g/mol. The Kier molecular flexibility index (Phi) is 12.5. The van der Waals surface area contributed by atoms with E-state index in [4.69, 9.17) is 29.9 Å². The zero-order chi connectivity index (χ0) is 57.6. The largest absolute Gasteiger partial charge is 0.291 e. The summed E-state index contributed by atoms with van der Waals surface area (Å²) in [6.07, 6.45) is 5.41. The van der Waals surface area contributed by atoms with Crippen LogP contribution >= 0.6 is 0 Å². The summed E-state index contributed by atoms with van der Waals surface area (Å²) in [6.45, 7) is 0. The number of fused-ring (bicyclic) bond motifs is 3. The molecule has 16 rings (SSSR count). The minimum atomic E-state index is 0.569. The molecule has 7 heterocycles. The highest BCUT2D eigenvalue weighted by Gasteiger charge is 2.20. The van der Waals surface area contributed by atoms with E-state index < -0.39 is 0 Å². The van der Waals surface area contributed by atoms with Crippen LogP contribution in [0.25, 0.3) is 152 Å². The summed E-state index contributed by atoms with van der Waals surface area (Å²) in [7, 11) is 0. The molecule has 408 valence electrons. The van der Waals surface area contributed by atoms with Gasteiger partial charge in [0, 0.05) is 52.3 Å². The molecule has 0 bridgehead atoms. The number of imidazole rings is 3.